The Hall–Kier alpha value is -7.84. The Morgan fingerprint density at radius 3 is 1.83 bits per heavy atom. The molecule has 18 nitrogen and oxygen atoms in total. The molecule has 76 heavy (non-hydrogen) atoms. The quantitative estimate of drug-likeness (QED) is 0.169. The number of hydrogen-bond donors (Lipinski definition) is 2. The Balaban J connectivity index is 0.629. The van der Waals surface area contributed by atoms with Crippen LogP contribution in [0.1, 0.15) is 52.9 Å². The molecule has 6 aliphatic rings. The lowest BCUT2D eigenvalue weighted by Crippen LogP contribution is -2.64. The maximum absolute atomic E-state index is 15.0. The molecule has 6 aromatic rings. The van der Waals surface area contributed by atoms with Crippen LogP contribution in [0.4, 0.5) is 36.3 Å². The largest absolute Gasteiger partial charge is 0.489 e. The average molecular weight is 1040 g/mol. The molecule has 4 saturated heterocycles. The van der Waals surface area contributed by atoms with Crippen molar-refractivity contribution in [3.05, 3.63) is 144 Å². The maximum Gasteiger partial charge on any atom is 0.342 e. The zero-order valence-corrected chi connectivity index (χ0v) is 42.2. The van der Waals surface area contributed by atoms with E-state index in [0.29, 0.717) is 42.5 Å². The lowest BCUT2D eigenvalue weighted by atomic mass is 9.67. The van der Waals surface area contributed by atoms with Crippen LogP contribution in [-0.2, 0) is 32.0 Å². The second-order valence-corrected chi connectivity index (χ2v) is 21.3. The highest BCUT2D eigenvalue weighted by atomic mass is 19.1. The molecule has 8 heterocycles. The van der Waals surface area contributed by atoms with Crippen molar-refractivity contribution in [3.8, 4) is 11.5 Å². The van der Waals surface area contributed by atoms with Gasteiger partial charge in [-0.05, 0) is 90.9 Å². The standard InChI is InChI=1S/C56H58F2N10O8/c1-63-44-21-39(12-14-46(44)75-29-42(52(63)70)60-51(69)50-41(58)28-67(62-50)26-36-6-4-3-5-7-36)65-31-55(32-65)16-18-73-48(23-55)49-24-56(17-19-74-49)33-66(34-56)40-13-15-47-45(22-40)64(2)53(71)43(30-76-47)61-54(72)68-27-37(25-59-68)20-35-8-10-38(57)11-9-35/h3-15,21-22,25,27-28,42-43,48-49H,16-20,23-24,26,29-34H2,1-2H3,(H,60,69)(H,61,72)/t42-,43?,48?,49?/m1/s1. The Labute approximate surface area is 437 Å². The lowest BCUT2D eigenvalue weighted by molar-refractivity contribution is -0.163. The second kappa shape index (κ2) is 19.7. The van der Waals surface area contributed by atoms with Crippen LogP contribution in [0.25, 0.3) is 0 Å². The van der Waals surface area contributed by atoms with E-state index in [-0.39, 0.29) is 54.5 Å². The van der Waals surface area contributed by atoms with E-state index in [1.165, 1.54) is 32.8 Å². The zero-order chi connectivity index (χ0) is 52.3. The van der Waals surface area contributed by atoms with Gasteiger partial charge in [0, 0.05) is 88.3 Å². The summed E-state index contributed by atoms with van der Waals surface area (Å²) in [6.45, 7) is 4.74. The number of halogens is 2. The number of nitrogens with zero attached hydrogens (tertiary/aromatic N) is 8. The van der Waals surface area contributed by atoms with Crippen LogP contribution in [0.15, 0.2) is 110 Å². The van der Waals surface area contributed by atoms with E-state index >= 15 is 0 Å². The van der Waals surface area contributed by atoms with Crippen molar-refractivity contribution in [1.29, 1.82) is 0 Å². The number of anilines is 4. The van der Waals surface area contributed by atoms with E-state index in [2.05, 4.69) is 30.6 Å². The molecule has 2 spiro atoms. The van der Waals surface area contributed by atoms with E-state index in [9.17, 15) is 28.0 Å². The van der Waals surface area contributed by atoms with Gasteiger partial charge in [-0.2, -0.15) is 14.9 Å². The van der Waals surface area contributed by atoms with Gasteiger partial charge in [0.2, 0.25) is 0 Å². The number of fused-ring (bicyclic) bond motifs is 2. The molecule has 6 aliphatic heterocycles. The van der Waals surface area contributed by atoms with Crippen molar-refractivity contribution in [2.24, 2.45) is 10.8 Å². The maximum atomic E-state index is 15.0. The first-order valence-electron chi connectivity index (χ1n) is 25.8. The van der Waals surface area contributed by atoms with Gasteiger partial charge in [0.05, 0.1) is 42.5 Å². The SMILES string of the molecule is CN1C(=O)C(NC(=O)n2cc(Cc3ccc(F)cc3)cn2)COc2ccc(N3CC4(CCOC(C5CC6(CCO5)CN(c5ccc7c(c5)N(C)C(=O)[C@H](NC(=O)c5nn(Cc8ccccc8)cc5F)CO7)C6)C4)C3)cc21. The number of nitrogens with one attached hydrogen (secondary N) is 2. The van der Waals surface area contributed by atoms with Gasteiger partial charge in [-0.1, -0.05) is 42.5 Å². The van der Waals surface area contributed by atoms with Gasteiger partial charge in [-0.15, -0.1) is 0 Å². The lowest BCUT2D eigenvalue weighted by Gasteiger charge is -2.58. The minimum absolute atomic E-state index is 0.0409. The van der Waals surface area contributed by atoms with E-state index in [4.69, 9.17) is 18.9 Å². The zero-order valence-electron chi connectivity index (χ0n) is 42.2. The summed E-state index contributed by atoms with van der Waals surface area (Å²) in [6, 6.07) is 24.6. The van der Waals surface area contributed by atoms with Crippen molar-refractivity contribution in [1.82, 2.24) is 30.2 Å². The number of amides is 4. The first-order valence-corrected chi connectivity index (χ1v) is 25.8. The molecule has 4 amide bonds. The summed E-state index contributed by atoms with van der Waals surface area (Å²) >= 11 is 0. The summed E-state index contributed by atoms with van der Waals surface area (Å²) in [5.41, 5.74) is 5.39. The summed E-state index contributed by atoms with van der Waals surface area (Å²) in [4.78, 5) is 61.8. The fraction of sp³-hybridized carbons (Fsp3) is 0.393. The molecular formula is C56H58F2N10O8. The van der Waals surface area contributed by atoms with Gasteiger partial charge in [-0.3, -0.25) is 19.1 Å². The number of carbonyl (C=O) groups is 4. The Morgan fingerprint density at radius 2 is 1.25 bits per heavy atom. The first kappa shape index (κ1) is 49.1. The van der Waals surface area contributed by atoms with E-state index in [1.54, 1.807) is 38.6 Å². The topological polar surface area (TPSA) is 178 Å². The van der Waals surface area contributed by atoms with Crippen LogP contribution in [0, 0.1) is 22.5 Å². The predicted octanol–water partition coefficient (Wildman–Crippen LogP) is 5.80. The number of ether oxygens (including phenoxy) is 4. The summed E-state index contributed by atoms with van der Waals surface area (Å²) in [5, 5.41) is 13.8. The predicted molar refractivity (Wildman–Crippen MR) is 276 cm³/mol. The Morgan fingerprint density at radius 1 is 0.684 bits per heavy atom. The third-order valence-corrected chi connectivity index (χ3v) is 16.0. The minimum atomic E-state index is -1.06. The third-order valence-electron chi connectivity index (χ3n) is 16.0. The number of aromatic nitrogens is 4. The highest BCUT2D eigenvalue weighted by Crippen LogP contribution is 2.50. The van der Waals surface area contributed by atoms with Crippen LogP contribution in [-0.4, -0.2) is 134 Å². The van der Waals surface area contributed by atoms with E-state index < -0.39 is 41.4 Å². The normalized spacial score (nSPS) is 22.6. The van der Waals surface area contributed by atoms with Crippen molar-refractivity contribution in [2.75, 3.05) is 86.3 Å². The smallest absolute Gasteiger partial charge is 0.342 e. The van der Waals surface area contributed by atoms with Gasteiger partial charge in [0.1, 0.15) is 42.6 Å². The molecular weight excluding hydrogens is 979 g/mol. The van der Waals surface area contributed by atoms with Crippen molar-refractivity contribution < 1.29 is 46.9 Å². The molecule has 0 radical (unpaired) electrons. The van der Waals surface area contributed by atoms with Gasteiger partial charge in [0.15, 0.2) is 11.5 Å². The van der Waals surface area contributed by atoms with Gasteiger partial charge in [0.25, 0.3) is 17.7 Å². The summed E-state index contributed by atoms with van der Waals surface area (Å²) in [6.07, 6.45) is 8.34. The summed E-state index contributed by atoms with van der Waals surface area (Å²) in [5.74, 6) is -1.55. The molecule has 20 heteroatoms. The minimum Gasteiger partial charge on any atom is -0.489 e. The molecule has 2 aromatic heterocycles. The van der Waals surface area contributed by atoms with Gasteiger partial charge < -0.3 is 49.2 Å². The number of likely N-dealkylation sites (N-methyl/N-ethyl adjacent to an activating group) is 2. The Bertz CT molecular complexity index is 3190. The highest BCUT2D eigenvalue weighted by molar-refractivity contribution is 6.03. The van der Waals surface area contributed by atoms with Crippen LogP contribution >= 0.6 is 0 Å². The van der Waals surface area contributed by atoms with E-state index in [0.717, 1.165) is 84.6 Å². The monoisotopic (exact) mass is 1040 g/mol. The molecule has 3 unspecified atom stereocenters. The fourth-order valence-electron chi connectivity index (χ4n) is 11.8. The summed E-state index contributed by atoms with van der Waals surface area (Å²) in [7, 11) is 3.34. The van der Waals surface area contributed by atoms with Crippen molar-refractivity contribution in [2.45, 2.75) is 62.9 Å². The first-order chi connectivity index (χ1) is 36.8. The van der Waals surface area contributed by atoms with Crippen LogP contribution < -0.4 is 39.7 Å². The molecule has 394 valence electrons. The number of benzene rings is 4. The van der Waals surface area contributed by atoms with Crippen LogP contribution in [0.2, 0.25) is 0 Å². The number of hydrogen-bond acceptors (Lipinski definition) is 12. The van der Waals surface area contributed by atoms with Gasteiger partial charge in [-0.25, -0.2) is 13.6 Å². The van der Waals surface area contributed by atoms with Gasteiger partial charge >= 0.3 is 6.03 Å². The average Bonchev–Trinajstić information content (AvgIpc) is 4.02. The molecule has 0 bridgehead atoms. The second-order valence-electron chi connectivity index (χ2n) is 21.3. The van der Waals surface area contributed by atoms with Crippen molar-refractivity contribution >= 4 is 46.5 Å². The molecule has 0 saturated carbocycles. The highest BCUT2D eigenvalue weighted by Gasteiger charge is 2.53. The molecule has 0 aliphatic carbocycles. The third kappa shape index (κ3) is 9.59. The number of carbonyl (C=O) groups excluding carboxylic acids is 4. The van der Waals surface area contributed by atoms with Crippen LogP contribution in [0.3, 0.4) is 0 Å². The van der Waals surface area contributed by atoms with Crippen molar-refractivity contribution in [3.63, 3.8) is 0 Å². The molecule has 4 atom stereocenters. The molecule has 12 rings (SSSR count). The number of rotatable bonds is 10. The van der Waals surface area contributed by atoms with E-state index in [1.807, 2.05) is 66.7 Å². The Kier molecular flexibility index (Phi) is 12.7. The molecule has 4 aromatic carbocycles. The molecule has 4 fully saturated rings. The van der Waals surface area contributed by atoms with Crippen LogP contribution in [0.5, 0.6) is 11.5 Å². The fourth-order valence-corrected chi connectivity index (χ4v) is 11.8. The molecule has 2 N–H and O–H groups in total. The summed E-state index contributed by atoms with van der Waals surface area (Å²) < 4.78 is 56.0.